The number of aryl methyl sites for hydroxylation is 2. The van der Waals surface area contributed by atoms with Gasteiger partial charge in [0.2, 0.25) is 0 Å². The number of aromatic amines is 1. The van der Waals surface area contributed by atoms with E-state index in [0.717, 1.165) is 28.5 Å². The van der Waals surface area contributed by atoms with Crippen LogP contribution in [0.3, 0.4) is 0 Å². The van der Waals surface area contributed by atoms with E-state index in [9.17, 15) is 0 Å². The number of nitrogens with one attached hydrogen (secondary N) is 2. The van der Waals surface area contributed by atoms with Crippen LogP contribution in [0.2, 0.25) is 0 Å². The topological polar surface area (TPSA) is 53.9 Å². The number of furan rings is 1. The van der Waals surface area contributed by atoms with Gasteiger partial charge in [-0.05, 0) is 50.6 Å². The SMILES string of the molecule is Cc1cc(C(C)Nc2ccc(-c3ccn[nH]3)cc2)c(C)o1. The molecule has 2 heterocycles. The van der Waals surface area contributed by atoms with Crippen LogP contribution in [0.25, 0.3) is 11.3 Å². The fourth-order valence-corrected chi connectivity index (χ4v) is 2.57. The van der Waals surface area contributed by atoms with Gasteiger partial charge in [0.25, 0.3) is 0 Å². The molecular weight excluding hydrogens is 262 g/mol. The lowest BCUT2D eigenvalue weighted by atomic mass is 10.1. The smallest absolute Gasteiger partial charge is 0.106 e. The number of H-pyrrole nitrogens is 1. The normalized spacial score (nSPS) is 12.3. The maximum Gasteiger partial charge on any atom is 0.106 e. The molecule has 0 amide bonds. The van der Waals surface area contributed by atoms with E-state index in [2.05, 4.69) is 52.8 Å². The van der Waals surface area contributed by atoms with E-state index in [1.807, 2.05) is 19.9 Å². The summed E-state index contributed by atoms with van der Waals surface area (Å²) in [6, 6.07) is 12.6. The summed E-state index contributed by atoms with van der Waals surface area (Å²) in [5, 5.41) is 10.4. The lowest BCUT2D eigenvalue weighted by Gasteiger charge is -2.15. The van der Waals surface area contributed by atoms with E-state index in [4.69, 9.17) is 4.42 Å². The van der Waals surface area contributed by atoms with Crippen molar-refractivity contribution in [2.75, 3.05) is 5.32 Å². The number of benzene rings is 1. The molecule has 4 heteroatoms. The first-order valence-corrected chi connectivity index (χ1v) is 7.07. The zero-order valence-corrected chi connectivity index (χ0v) is 12.5. The largest absolute Gasteiger partial charge is 0.466 e. The van der Waals surface area contributed by atoms with Crippen LogP contribution in [-0.2, 0) is 0 Å². The van der Waals surface area contributed by atoms with Crippen LogP contribution in [-0.4, -0.2) is 10.2 Å². The third kappa shape index (κ3) is 2.84. The molecule has 0 aliphatic heterocycles. The summed E-state index contributed by atoms with van der Waals surface area (Å²) in [5.41, 5.74) is 4.44. The highest BCUT2D eigenvalue weighted by atomic mass is 16.3. The Morgan fingerprint density at radius 3 is 2.48 bits per heavy atom. The third-order valence-electron chi connectivity index (χ3n) is 3.63. The average Bonchev–Trinajstić information content (AvgIpc) is 3.09. The van der Waals surface area contributed by atoms with Crippen molar-refractivity contribution in [3.63, 3.8) is 0 Å². The van der Waals surface area contributed by atoms with Crippen molar-refractivity contribution in [3.05, 3.63) is 59.7 Å². The van der Waals surface area contributed by atoms with Crippen LogP contribution < -0.4 is 5.32 Å². The Kier molecular flexibility index (Phi) is 3.52. The second-order valence-corrected chi connectivity index (χ2v) is 5.28. The average molecular weight is 281 g/mol. The third-order valence-corrected chi connectivity index (χ3v) is 3.63. The Labute approximate surface area is 124 Å². The van der Waals surface area contributed by atoms with E-state index in [-0.39, 0.29) is 6.04 Å². The van der Waals surface area contributed by atoms with E-state index in [1.165, 1.54) is 5.56 Å². The molecule has 108 valence electrons. The molecule has 0 saturated carbocycles. The molecule has 1 aromatic carbocycles. The molecule has 1 atom stereocenters. The molecule has 1 unspecified atom stereocenters. The summed E-state index contributed by atoms with van der Waals surface area (Å²) in [5.74, 6) is 1.92. The molecule has 21 heavy (non-hydrogen) atoms. The Hall–Kier alpha value is -2.49. The molecule has 0 fully saturated rings. The lowest BCUT2D eigenvalue weighted by Crippen LogP contribution is -2.06. The van der Waals surface area contributed by atoms with Crippen LogP contribution in [0.5, 0.6) is 0 Å². The number of hydrogen-bond donors (Lipinski definition) is 2. The van der Waals surface area contributed by atoms with Crippen molar-refractivity contribution in [3.8, 4) is 11.3 Å². The van der Waals surface area contributed by atoms with Crippen LogP contribution in [0.4, 0.5) is 5.69 Å². The summed E-state index contributed by atoms with van der Waals surface area (Å²) in [6.07, 6.45) is 1.76. The summed E-state index contributed by atoms with van der Waals surface area (Å²) < 4.78 is 5.59. The van der Waals surface area contributed by atoms with Gasteiger partial charge < -0.3 is 9.73 Å². The Morgan fingerprint density at radius 2 is 1.90 bits per heavy atom. The molecule has 0 bridgehead atoms. The van der Waals surface area contributed by atoms with Gasteiger partial charge in [0.1, 0.15) is 11.5 Å². The first kappa shape index (κ1) is 13.5. The number of rotatable bonds is 4. The fraction of sp³-hybridized carbons (Fsp3) is 0.235. The molecule has 0 radical (unpaired) electrons. The van der Waals surface area contributed by atoms with Crippen LogP contribution >= 0.6 is 0 Å². The molecule has 2 N–H and O–H groups in total. The van der Waals surface area contributed by atoms with Crippen molar-refractivity contribution < 1.29 is 4.42 Å². The van der Waals surface area contributed by atoms with Crippen molar-refractivity contribution in [2.24, 2.45) is 0 Å². The Morgan fingerprint density at radius 1 is 1.14 bits per heavy atom. The highest BCUT2D eigenvalue weighted by molar-refractivity contribution is 5.62. The molecule has 4 nitrogen and oxygen atoms in total. The predicted octanol–water partition coefficient (Wildman–Crippen LogP) is 4.46. The van der Waals surface area contributed by atoms with Crippen LogP contribution in [0.1, 0.15) is 30.0 Å². The van der Waals surface area contributed by atoms with Crippen molar-refractivity contribution in [2.45, 2.75) is 26.8 Å². The molecule has 2 aromatic heterocycles. The molecule has 3 aromatic rings. The van der Waals surface area contributed by atoms with E-state index in [0.29, 0.717) is 0 Å². The highest BCUT2D eigenvalue weighted by Gasteiger charge is 2.12. The lowest BCUT2D eigenvalue weighted by molar-refractivity contribution is 0.500. The number of anilines is 1. The number of aromatic nitrogens is 2. The minimum atomic E-state index is 0.209. The summed E-state index contributed by atoms with van der Waals surface area (Å²) >= 11 is 0. The van der Waals surface area contributed by atoms with Gasteiger partial charge in [0, 0.05) is 17.4 Å². The van der Waals surface area contributed by atoms with Gasteiger partial charge in [0.05, 0.1) is 11.7 Å². The zero-order valence-electron chi connectivity index (χ0n) is 12.5. The highest BCUT2D eigenvalue weighted by Crippen LogP contribution is 2.26. The van der Waals surface area contributed by atoms with E-state index >= 15 is 0 Å². The molecule has 0 saturated heterocycles. The Bertz CT molecular complexity index is 711. The summed E-state index contributed by atoms with van der Waals surface area (Å²) in [7, 11) is 0. The van der Waals surface area contributed by atoms with Gasteiger partial charge in [-0.1, -0.05) is 12.1 Å². The van der Waals surface area contributed by atoms with Crippen LogP contribution in [0, 0.1) is 13.8 Å². The standard InChI is InChI=1S/C17H19N3O/c1-11-10-16(13(3)21-11)12(2)19-15-6-4-14(5-7-15)17-8-9-18-20-17/h4-10,12,19H,1-3H3,(H,18,20). The maximum atomic E-state index is 5.59. The predicted molar refractivity (Wildman–Crippen MR) is 84.2 cm³/mol. The first-order chi connectivity index (χ1) is 10.1. The fourth-order valence-electron chi connectivity index (χ4n) is 2.57. The quantitative estimate of drug-likeness (QED) is 0.742. The van der Waals surface area contributed by atoms with Crippen molar-refractivity contribution in [1.82, 2.24) is 10.2 Å². The van der Waals surface area contributed by atoms with E-state index < -0.39 is 0 Å². The van der Waals surface area contributed by atoms with E-state index in [1.54, 1.807) is 6.20 Å². The number of hydrogen-bond acceptors (Lipinski definition) is 3. The second kappa shape index (κ2) is 5.48. The molecular formula is C17H19N3O. The molecule has 0 aliphatic carbocycles. The zero-order chi connectivity index (χ0) is 14.8. The molecule has 3 rings (SSSR count). The maximum absolute atomic E-state index is 5.59. The number of nitrogens with zero attached hydrogens (tertiary/aromatic N) is 1. The monoisotopic (exact) mass is 281 g/mol. The van der Waals surface area contributed by atoms with Gasteiger partial charge in [-0.25, -0.2) is 0 Å². The summed E-state index contributed by atoms with van der Waals surface area (Å²) in [6.45, 7) is 6.12. The van der Waals surface area contributed by atoms with Gasteiger partial charge in [-0.2, -0.15) is 5.10 Å². The van der Waals surface area contributed by atoms with Crippen molar-refractivity contribution >= 4 is 5.69 Å². The van der Waals surface area contributed by atoms with Gasteiger partial charge >= 0.3 is 0 Å². The van der Waals surface area contributed by atoms with Gasteiger partial charge in [-0.3, -0.25) is 5.10 Å². The minimum absolute atomic E-state index is 0.209. The van der Waals surface area contributed by atoms with Gasteiger partial charge in [0.15, 0.2) is 0 Å². The van der Waals surface area contributed by atoms with Crippen LogP contribution in [0.15, 0.2) is 47.0 Å². The first-order valence-electron chi connectivity index (χ1n) is 7.07. The molecule has 0 aliphatic rings. The summed E-state index contributed by atoms with van der Waals surface area (Å²) in [4.78, 5) is 0. The van der Waals surface area contributed by atoms with Gasteiger partial charge in [-0.15, -0.1) is 0 Å². The Balaban J connectivity index is 1.74. The van der Waals surface area contributed by atoms with Crippen molar-refractivity contribution in [1.29, 1.82) is 0 Å². The molecule has 0 spiro atoms. The minimum Gasteiger partial charge on any atom is -0.466 e. The second-order valence-electron chi connectivity index (χ2n) is 5.28.